The van der Waals surface area contributed by atoms with E-state index in [2.05, 4.69) is 31.4 Å². The van der Waals surface area contributed by atoms with Crippen molar-refractivity contribution in [3.63, 3.8) is 0 Å². The van der Waals surface area contributed by atoms with E-state index in [-0.39, 0.29) is 12.6 Å². The Morgan fingerprint density at radius 2 is 2.17 bits per heavy atom. The number of carbonyl (C=O) groups is 2. The molecule has 1 fully saturated rings. The summed E-state index contributed by atoms with van der Waals surface area (Å²) >= 11 is 0. The monoisotopic (exact) mass is 406 g/mol. The summed E-state index contributed by atoms with van der Waals surface area (Å²) in [5.74, 6) is 0.682. The summed E-state index contributed by atoms with van der Waals surface area (Å²) in [6, 6.07) is 9.64. The van der Waals surface area contributed by atoms with Crippen LogP contribution in [0.5, 0.6) is 0 Å². The van der Waals surface area contributed by atoms with Crippen LogP contribution in [0.4, 0.5) is 15.3 Å². The lowest BCUT2D eigenvalue weighted by atomic mass is 10.0. The van der Waals surface area contributed by atoms with Gasteiger partial charge in [-0.05, 0) is 41.8 Å². The molecule has 1 aromatic carbocycles. The van der Waals surface area contributed by atoms with Crippen LogP contribution in [0.25, 0.3) is 16.9 Å². The SMILES string of the molecule is COC(=O)NC[C@@H]1OC(=O)N2c3ccc(-c4ccc(-n5ccnn5)nc4)cc3CC12. The average molecular weight is 406 g/mol. The van der Waals surface area contributed by atoms with Gasteiger partial charge in [-0.25, -0.2) is 19.3 Å². The number of anilines is 1. The first-order valence-electron chi connectivity index (χ1n) is 9.42. The molecule has 0 bridgehead atoms. The molecule has 2 amide bonds. The smallest absolute Gasteiger partial charge is 0.415 e. The fourth-order valence-corrected chi connectivity index (χ4v) is 3.91. The highest BCUT2D eigenvalue weighted by atomic mass is 16.6. The molecule has 0 aliphatic carbocycles. The van der Waals surface area contributed by atoms with E-state index in [1.165, 1.54) is 7.11 Å². The van der Waals surface area contributed by atoms with Gasteiger partial charge in [-0.1, -0.05) is 11.3 Å². The first-order valence-corrected chi connectivity index (χ1v) is 9.42. The number of alkyl carbamates (subject to hydrolysis) is 1. The van der Waals surface area contributed by atoms with Crippen molar-refractivity contribution < 1.29 is 19.1 Å². The molecule has 30 heavy (non-hydrogen) atoms. The van der Waals surface area contributed by atoms with Crippen molar-refractivity contribution >= 4 is 17.9 Å². The zero-order valence-electron chi connectivity index (χ0n) is 16.1. The predicted molar refractivity (Wildman–Crippen MR) is 105 cm³/mol. The van der Waals surface area contributed by atoms with Gasteiger partial charge in [0.15, 0.2) is 5.82 Å². The average Bonchev–Trinajstić information content (AvgIpc) is 3.49. The summed E-state index contributed by atoms with van der Waals surface area (Å²) in [5.41, 5.74) is 3.85. The molecule has 4 heterocycles. The number of pyridine rings is 1. The summed E-state index contributed by atoms with van der Waals surface area (Å²) in [5, 5.41) is 10.3. The molecule has 0 spiro atoms. The van der Waals surface area contributed by atoms with Crippen molar-refractivity contribution in [2.75, 3.05) is 18.6 Å². The standard InChI is InChI=1S/C20H18N6O4/c1-29-19(27)22-11-17-16-9-14-8-12(2-4-15(14)26(16)20(28)30-17)13-3-5-18(21-10-13)25-7-6-23-24-25/h2-8,10,16-17H,9,11H2,1H3,(H,22,27)/t16?,17-/m0/s1. The van der Waals surface area contributed by atoms with Gasteiger partial charge in [0.2, 0.25) is 0 Å². The second-order valence-corrected chi connectivity index (χ2v) is 7.03. The van der Waals surface area contributed by atoms with E-state index in [1.807, 2.05) is 24.3 Å². The third-order valence-electron chi connectivity index (χ3n) is 5.35. The van der Waals surface area contributed by atoms with Crippen LogP contribution < -0.4 is 10.2 Å². The Hall–Kier alpha value is -3.95. The van der Waals surface area contributed by atoms with Crippen molar-refractivity contribution in [1.82, 2.24) is 25.3 Å². The van der Waals surface area contributed by atoms with Gasteiger partial charge in [-0.15, -0.1) is 5.10 Å². The van der Waals surface area contributed by atoms with Gasteiger partial charge < -0.3 is 14.8 Å². The van der Waals surface area contributed by atoms with E-state index < -0.39 is 18.3 Å². The maximum absolute atomic E-state index is 12.4. The highest BCUT2D eigenvalue weighted by Crippen LogP contribution is 2.40. The summed E-state index contributed by atoms with van der Waals surface area (Å²) in [6.07, 6.45) is 4.37. The fourth-order valence-electron chi connectivity index (χ4n) is 3.91. The molecular formula is C20H18N6O4. The second kappa shape index (κ2) is 7.14. The van der Waals surface area contributed by atoms with E-state index in [9.17, 15) is 9.59 Å². The Bertz CT molecular complexity index is 1100. The quantitative estimate of drug-likeness (QED) is 0.705. The van der Waals surface area contributed by atoms with Gasteiger partial charge in [0.1, 0.15) is 6.10 Å². The third kappa shape index (κ3) is 3.02. The first kappa shape index (κ1) is 18.1. The van der Waals surface area contributed by atoms with Crippen LogP contribution in [0.15, 0.2) is 48.9 Å². The van der Waals surface area contributed by atoms with Gasteiger partial charge in [0.05, 0.1) is 37.8 Å². The second-order valence-electron chi connectivity index (χ2n) is 7.03. The lowest BCUT2D eigenvalue weighted by Crippen LogP contribution is -2.40. The molecule has 1 N–H and O–H groups in total. The van der Waals surface area contributed by atoms with Gasteiger partial charge in [-0.3, -0.25) is 4.90 Å². The Morgan fingerprint density at radius 3 is 2.90 bits per heavy atom. The fraction of sp³-hybridized carbons (Fsp3) is 0.250. The van der Waals surface area contributed by atoms with Crippen molar-refractivity contribution in [2.24, 2.45) is 0 Å². The molecule has 0 radical (unpaired) electrons. The summed E-state index contributed by atoms with van der Waals surface area (Å²) in [6.45, 7) is 0.202. The number of nitrogens with one attached hydrogen (secondary N) is 1. The molecule has 2 atom stereocenters. The number of hydrogen-bond donors (Lipinski definition) is 1. The van der Waals surface area contributed by atoms with Crippen LogP contribution in [-0.4, -0.2) is 58.0 Å². The van der Waals surface area contributed by atoms with Crippen LogP contribution in [0, 0.1) is 0 Å². The van der Waals surface area contributed by atoms with Crippen LogP contribution in [0.1, 0.15) is 5.56 Å². The van der Waals surface area contributed by atoms with Gasteiger partial charge in [0, 0.05) is 11.8 Å². The maximum Gasteiger partial charge on any atom is 0.415 e. The minimum Gasteiger partial charge on any atom is -0.453 e. The lowest BCUT2D eigenvalue weighted by molar-refractivity contribution is 0.123. The van der Waals surface area contributed by atoms with E-state index in [4.69, 9.17) is 4.74 Å². The Morgan fingerprint density at radius 1 is 1.30 bits per heavy atom. The molecule has 1 unspecified atom stereocenters. The van der Waals surface area contributed by atoms with Crippen molar-refractivity contribution in [3.8, 4) is 16.9 Å². The lowest BCUT2D eigenvalue weighted by Gasteiger charge is -2.16. The Labute approximate surface area is 171 Å². The topological polar surface area (TPSA) is 111 Å². The van der Waals surface area contributed by atoms with E-state index in [1.54, 1.807) is 28.2 Å². The molecule has 0 saturated carbocycles. The molecule has 152 valence electrons. The normalized spacial score (nSPS) is 19.2. The predicted octanol–water partition coefficient (Wildman–Crippen LogP) is 1.94. The van der Waals surface area contributed by atoms with E-state index in [0.717, 1.165) is 22.4 Å². The highest BCUT2D eigenvalue weighted by Gasteiger charge is 2.47. The van der Waals surface area contributed by atoms with Crippen LogP contribution in [0.2, 0.25) is 0 Å². The van der Waals surface area contributed by atoms with Crippen molar-refractivity contribution in [3.05, 3.63) is 54.5 Å². The molecule has 2 aliphatic heterocycles. The number of cyclic esters (lactones) is 1. The Kier molecular flexibility index (Phi) is 4.31. The molecule has 2 aromatic heterocycles. The summed E-state index contributed by atoms with van der Waals surface area (Å²) < 4.78 is 11.6. The number of hydrogen-bond acceptors (Lipinski definition) is 7. The number of fused-ring (bicyclic) bond motifs is 3. The molecular weight excluding hydrogens is 388 g/mol. The van der Waals surface area contributed by atoms with Crippen LogP contribution in [0.3, 0.4) is 0 Å². The largest absolute Gasteiger partial charge is 0.453 e. The zero-order valence-corrected chi connectivity index (χ0v) is 16.1. The molecule has 2 aliphatic rings. The Balaban J connectivity index is 1.37. The van der Waals surface area contributed by atoms with Crippen molar-refractivity contribution in [2.45, 2.75) is 18.6 Å². The minimum atomic E-state index is -0.552. The van der Waals surface area contributed by atoms with Gasteiger partial charge in [-0.2, -0.15) is 0 Å². The number of amides is 2. The molecule has 3 aromatic rings. The third-order valence-corrected chi connectivity index (χ3v) is 5.35. The van der Waals surface area contributed by atoms with Crippen LogP contribution in [-0.2, 0) is 15.9 Å². The van der Waals surface area contributed by atoms with Crippen LogP contribution >= 0.6 is 0 Å². The number of nitrogens with zero attached hydrogens (tertiary/aromatic N) is 5. The van der Waals surface area contributed by atoms with E-state index >= 15 is 0 Å². The molecule has 1 saturated heterocycles. The first-order chi connectivity index (χ1) is 14.6. The summed E-state index contributed by atoms with van der Waals surface area (Å²) in [7, 11) is 1.29. The van der Waals surface area contributed by atoms with Crippen molar-refractivity contribution in [1.29, 1.82) is 0 Å². The molecule has 5 rings (SSSR count). The molecule has 10 nitrogen and oxygen atoms in total. The summed E-state index contributed by atoms with van der Waals surface area (Å²) in [4.78, 5) is 29.9. The van der Waals surface area contributed by atoms with Gasteiger partial charge >= 0.3 is 12.2 Å². The molecule has 10 heteroatoms. The van der Waals surface area contributed by atoms with Gasteiger partial charge in [0.25, 0.3) is 0 Å². The number of aromatic nitrogens is 4. The highest BCUT2D eigenvalue weighted by molar-refractivity contribution is 5.94. The minimum absolute atomic E-state index is 0.160. The number of carbonyl (C=O) groups excluding carboxylic acids is 2. The maximum atomic E-state index is 12.4. The van der Waals surface area contributed by atoms with E-state index in [0.29, 0.717) is 12.2 Å². The number of ether oxygens (including phenoxy) is 2. The number of methoxy groups -OCH3 is 1. The number of rotatable bonds is 4. The number of benzene rings is 1. The zero-order chi connectivity index (χ0) is 20.7.